The van der Waals surface area contributed by atoms with Gasteiger partial charge < -0.3 is 6.31 Å². The molecule has 0 amide bonds. The molecule has 0 aromatic rings. The molecule has 0 bridgehead atoms. The van der Waals surface area contributed by atoms with Crippen LogP contribution in [0.5, 0.6) is 0 Å². The van der Waals surface area contributed by atoms with E-state index in [0.29, 0.717) is 12.3 Å². The fraction of sp³-hybridized carbons (Fsp3) is 0.875. The maximum Gasteiger partial charge on any atom is 1.00 e. The zero-order valence-electron chi connectivity index (χ0n) is 9.17. The number of hydrogen-bond donors (Lipinski definition) is 1. The minimum absolute atomic E-state index is 0. The van der Waals surface area contributed by atoms with Crippen LogP contribution in [0.1, 0.15) is 41.0 Å². The molecule has 0 aliphatic heterocycles. The van der Waals surface area contributed by atoms with E-state index in [4.69, 9.17) is 5.26 Å². The van der Waals surface area contributed by atoms with Crippen LogP contribution in [0.15, 0.2) is 0 Å². The van der Waals surface area contributed by atoms with E-state index in [0.717, 1.165) is 19.3 Å². The Morgan fingerprint density at radius 1 is 1.50 bits per heavy atom. The molecule has 0 radical (unpaired) electrons. The Hall–Kier alpha value is 0.430. The molecule has 0 saturated carbocycles. The summed E-state index contributed by atoms with van der Waals surface area (Å²) in [6, 6.07) is 0. The third kappa shape index (κ3) is 10.4. The SMILES string of the molecule is CC(C)CCCCC(=O)OO.[H-].[Na+]. The normalized spacial score (nSPS) is 9.33. The first-order valence-corrected chi connectivity index (χ1v) is 4.01. The molecule has 0 aliphatic rings. The maximum atomic E-state index is 10.4. The Bertz CT molecular complexity index is 120. The molecule has 1 N–H and O–H groups in total. The van der Waals surface area contributed by atoms with Gasteiger partial charge in [-0.3, -0.25) is 0 Å². The first kappa shape index (κ1) is 14.9. The van der Waals surface area contributed by atoms with Gasteiger partial charge in [-0.05, 0) is 12.3 Å². The van der Waals surface area contributed by atoms with Crippen molar-refractivity contribution >= 4 is 5.97 Å². The maximum absolute atomic E-state index is 10.4. The van der Waals surface area contributed by atoms with Gasteiger partial charge in [-0.2, -0.15) is 5.26 Å². The molecule has 3 nitrogen and oxygen atoms in total. The van der Waals surface area contributed by atoms with E-state index in [1.807, 2.05) is 0 Å². The van der Waals surface area contributed by atoms with Gasteiger partial charge in [0.05, 0.1) is 0 Å². The molecular weight excluding hydrogens is 167 g/mol. The summed E-state index contributed by atoms with van der Waals surface area (Å²) in [6.45, 7) is 4.29. The van der Waals surface area contributed by atoms with Gasteiger partial charge in [-0.25, -0.2) is 4.79 Å². The molecule has 0 spiro atoms. The largest absolute Gasteiger partial charge is 1.00 e. The zero-order chi connectivity index (χ0) is 8.69. The monoisotopic (exact) mass is 184 g/mol. The molecule has 0 fully saturated rings. The Labute approximate surface area is 97.2 Å². The van der Waals surface area contributed by atoms with Gasteiger partial charge >= 0.3 is 35.5 Å². The summed E-state index contributed by atoms with van der Waals surface area (Å²) in [5.74, 6) is 0.147. The van der Waals surface area contributed by atoms with Crippen molar-refractivity contribution < 1.29 is 45.9 Å². The molecule has 0 heterocycles. The van der Waals surface area contributed by atoms with Crippen molar-refractivity contribution in [2.75, 3.05) is 0 Å². The van der Waals surface area contributed by atoms with Crippen LogP contribution >= 0.6 is 0 Å². The van der Waals surface area contributed by atoms with Crippen molar-refractivity contribution in [2.24, 2.45) is 5.92 Å². The summed E-state index contributed by atoms with van der Waals surface area (Å²) in [6.07, 6.45) is 3.27. The van der Waals surface area contributed by atoms with Crippen molar-refractivity contribution in [3.8, 4) is 0 Å². The van der Waals surface area contributed by atoms with Gasteiger partial charge in [0, 0.05) is 6.42 Å². The van der Waals surface area contributed by atoms with Crippen LogP contribution < -0.4 is 29.6 Å². The Morgan fingerprint density at radius 3 is 2.50 bits per heavy atom. The minimum atomic E-state index is -0.534. The van der Waals surface area contributed by atoms with Crippen molar-refractivity contribution in [3.05, 3.63) is 0 Å². The minimum Gasteiger partial charge on any atom is -1.00 e. The van der Waals surface area contributed by atoms with E-state index in [2.05, 4.69) is 18.7 Å². The fourth-order valence-corrected chi connectivity index (χ4v) is 0.868. The summed E-state index contributed by atoms with van der Waals surface area (Å²) in [7, 11) is 0. The topological polar surface area (TPSA) is 46.5 Å². The Kier molecular flexibility index (Phi) is 11.8. The van der Waals surface area contributed by atoms with E-state index in [1.165, 1.54) is 0 Å². The van der Waals surface area contributed by atoms with E-state index < -0.39 is 5.97 Å². The van der Waals surface area contributed by atoms with Crippen LogP contribution in [-0.4, -0.2) is 11.2 Å². The van der Waals surface area contributed by atoms with Gasteiger partial charge in [0.15, 0.2) is 0 Å². The van der Waals surface area contributed by atoms with Gasteiger partial charge in [-0.15, -0.1) is 0 Å². The van der Waals surface area contributed by atoms with Crippen LogP contribution in [-0.2, 0) is 9.68 Å². The second-order valence-corrected chi connectivity index (χ2v) is 3.10. The summed E-state index contributed by atoms with van der Waals surface area (Å²) in [5.41, 5.74) is 0. The summed E-state index contributed by atoms with van der Waals surface area (Å²) in [4.78, 5) is 13.9. The molecular formula is C8H17NaO3. The summed E-state index contributed by atoms with van der Waals surface area (Å²) in [5, 5.41) is 7.89. The third-order valence-electron chi connectivity index (χ3n) is 1.51. The smallest absolute Gasteiger partial charge is 1.00 e. The second kappa shape index (κ2) is 9.52. The van der Waals surface area contributed by atoms with Crippen LogP contribution in [0.4, 0.5) is 0 Å². The van der Waals surface area contributed by atoms with E-state index in [9.17, 15) is 4.79 Å². The summed E-state index contributed by atoms with van der Waals surface area (Å²) >= 11 is 0. The predicted octanol–water partition coefficient (Wildman–Crippen LogP) is -0.664. The zero-order valence-corrected chi connectivity index (χ0v) is 10.2. The first-order chi connectivity index (χ1) is 5.16. The first-order valence-electron chi connectivity index (χ1n) is 4.01. The quantitative estimate of drug-likeness (QED) is 0.267. The van der Waals surface area contributed by atoms with Gasteiger partial charge in [-0.1, -0.05) is 26.7 Å². The Balaban J connectivity index is -0.000000500. The molecule has 0 aromatic heterocycles. The second-order valence-electron chi connectivity index (χ2n) is 3.10. The predicted molar refractivity (Wildman–Crippen MR) is 43.1 cm³/mol. The van der Waals surface area contributed by atoms with Crippen molar-refractivity contribution in [1.29, 1.82) is 0 Å². The molecule has 0 rings (SSSR count). The molecule has 0 aromatic carbocycles. The van der Waals surface area contributed by atoms with Crippen molar-refractivity contribution in [1.82, 2.24) is 0 Å². The molecule has 68 valence electrons. The van der Waals surface area contributed by atoms with E-state index in [-0.39, 0.29) is 31.0 Å². The molecule has 0 unspecified atom stereocenters. The number of carbonyl (C=O) groups is 1. The molecule has 0 aliphatic carbocycles. The number of rotatable bonds is 5. The van der Waals surface area contributed by atoms with Gasteiger partial charge in [0.1, 0.15) is 0 Å². The molecule has 4 heteroatoms. The number of carbonyl (C=O) groups excluding carboxylic acids is 1. The fourth-order valence-electron chi connectivity index (χ4n) is 0.868. The van der Waals surface area contributed by atoms with Gasteiger partial charge in [0.2, 0.25) is 0 Å². The van der Waals surface area contributed by atoms with Crippen molar-refractivity contribution in [2.45, 2.75) is 39.5 Å². The average Bonchev–Trinajstić information content (AvgIpc) is 1.97. The van der Waals surface area contributed by atoms with Crippen LogP contribution in [0.25, 0.3) is 0 Å². The van der Waals surface area contributed by atoms with Gasteiger partial charge in [0.25, 0.3) is 0 Å². The molecule has 12 heavy (non-hydrogen) atoms. The van der Waals surface area contributed by atoms with Crippen LogP contribution in [0.2, 0.25) is 0 Å². The third-order valence-corrected chi connectivity index (χ3v) is 1.51. The Morgan fingerprint density at radius 2 is 2.08 bits per heavy atom. The van der Waals surface area contributed by atoms with E-state index in [1.54, 1.807) is 0 Å². The van der Waals surface area contributed by atoms with Crippen LogP contribution in [0.3, 0.4) is 0 Å². The summed E-state index contributed by atoms with van der Waals surface area (Å²) < 4.78 is 0. The average molecular weight is 184 g/mol. The number of unbranched alkanes of at least 4 members (excludes halogenated alkanes) is 1. The molecule has 0 saturated heterocycles. The van der Waals surface area contributed by atoms with E-state index >= 15 is 0 Å². The standard InChI is InChI=1S/C8H16O3.Na.H/c1-7(2)5-3-4-6-8(9)11-10;;/h7,10H,3-6H2,1-2H3;;/q;+1;-1. The van der Waals surface area contributed by atoms with Crippen molar-refractivity contribution in [3.63, 3.8) is 0 Å². The molecule has 0 atom stereocenters. The van der Waals surface area contributed by atoms with Crippen LogP contribution in [0, 0.1) is 5.92 Å². The number of hydrogen-bond acceptors (Lipinski definition) is 3.